The Kier molecular flexibility index (Phi) is 4.44. The van der Waals surface area contributed by atoms with Crippen LogP contribution in [0.2, 0.25) is 0 Å². The third-order valence-electron chi connectivity index (χ3n) is 4.49. The monoisotopic (exact) mass is 386 g/mol. The first-order valence-electron chi connectivity index (χ1n) is 8.67. The fraction of sp³-hybridized carbons (Fsp3) is 0.0476. The van der Waals surface area contributed by atoms with Crippen LogP contribution in [0.5, 0.6) is 0 Å². The molecule has 1 aromatic heterocycles. The molecule has 1 aliphatic rings. The minimum atomic E-state index is -0.532. The quantitative estimate of drug-likeness (QED) is 0.545. The van der Waals surface area contributed by atoms with E-state index in [0.29, 0.717) is 22.5 Å². The predicted molar refractivity (Wildman–Crippen MR) is 104 cm³/mol. The highest BCUT2D eigenvalue weighted by atomic mass is 16.2. The predicted octanol–water partition coefficient (Wildman–Crippen LogP) is 2.73. The van der Waals surface area contributed by atoms with E-state index in [-0.39, 0.29) is 22.9 Å². The van der Waals surface area contributed by atoms with Gasteiger partial charge in [-0.3, -0.25) is 19.2 Å². The Morgan fingerprint density at radius 2 is 1.55 bits per heavy atom. The van der Waals surface area contributed by atoms with Crippen molar-refractivity contribution in [2.24, 2.45) is 0 Å². The second-order valence-corrected chi connectivity index (χ2v) is 6.37. The second-order valence-electron chi connectivity index (χ2n) is 6.37. The van der Waals surface area contributed by atoms with Crippen molar-refractivity contribution in [2.45, 2.75) is 6.92 Å². The van der Waals surface area contributed by atoms with Gasteiger partial charge in [-0.15, -0.1) is 0 Å². The van der Waals surface area contributed by atoms with Crippen molar-refractivity contribution < 1.29 is 19.2 Å². The molecule has 0 saturated carbocycles. The van der Waals surface area contributed by atoms with Crippen LogP contribution in [-0.2, 0) is 0 Å². The number of carbonyl (C=O) groups excluding carboxylic acids is 4. The number of benzene rings is 2. The van der Waals surface area contributed by atoms with E-state index in [0.717, 1.165) is 4.90 Å². The van der Waals surface area contributed by atoms with Crippen molar-refractivity contribution in [3.63, 3.8) is 0 Å². The summed E-state index contributed by atoms with van der Waals surface area (Å²) in [6.07, 6.45) is 2.52. The number of hydrogen-bond donors (Lipinski definition) is 1. The summed E-state index contributed by atoms with van der Waals surface area (Å²) in [5.74, 6) is -1.46. The molecule has 0 atom stereocenters. The fourth-order valence-electron chi connectivity index (χ4n) is 2.96. The zero-order valence-electron chi connectivity index (χ0n) is 15.2. The largest absolute Gasteiger partial charge is 0.322 e. The number of aromatic nitrogens is 2. The van der Waals surface area contributed by atoms with Crippen LogP contribution in [-0.4, -0.2) is 33.5 Å². The molecule has 4 rings (SSSR count). The highest BCUT2D eigenvalue weighted by Gasteiger charge is 2.38. The number of anilines is 2. The minimum Gasteiger partial charge on any atom is -0.322 e. The first kappa shape index (κ1) is 18.2. The van der Waals surface area contributed by atoms with Gasteiger partial charge in [0.25, 0.3) is 17.7 Å². The SMILES string of the molecule is CC(=O)c1ccc(NC(=O)c2ccc(N3C(=O)c4cncnc4C3=O)cc2)cc1. The van der Waals surface area contributed by atoms with Crippen LogP contribution >= 0.6 is 0 Å². The Labute approximate surface area is 165 Å². The summed E-state index contributed by atoms with van der Waals surface area (Å²) in [7, 11) is 0. The number of amides is 3. The van der Waals surface area contributed by atoms with Crippen LogP contribution in [0, 0.1) is 0 Å². The maximum absolute atomic E-state index is 12.5. The molecule has 3 amide bonds. The molecule has 0 radical (unpaired) electrons. The molecule has 142 valence electrons. The van der Waals surface area contributed by atoms with E-state index in [1.165, 1.54) is 43.7 Å². The van der Waals surface area contributed by atoms with E-state index < -0.39 is 11.8 Å². The molecule has 1 aliphatic heterocycles. The lowest BCUT2D eigenvalue weighted by atomic mass is 10.1. The highest BCUT2D eigenvalue weighted by molar-refractivity contribution is 6.33. The topological polar surface area (TPSA) is 109 Å². The van der Waals surface area contributed by atoms with Crippen LogP contribution < -0.4 is 10.2 Å². The van der Waals surface area contributed by atoms with Gasteiger partial charge in [0, 0.05) is 23.0 Å². The van der Waals surface area contributed by atoms with Gasteiger partial charge in [-0.1, -0.05) is 0 Å². The van der Waals surface area contributed by atoms with E-state index in [9.17, 15) is 19.2 Å². The molecular weight excluding hydrogens is 372 g/mol. The zero-order valence-corrected chi connectivity index (χ0v) is 15.2. The average Bonchev–Trinajstić information content (AvgIpc) is 2.99. The molecule has 2 heterocycles. The van der Waals surface area contributed by atoms with Gasteiger partial charge in [0.15, 0.2) is 5.78 Å². The van der Waals surface area contributed by atoms with Gasteiger partial charge in [0.2, 0.25) is 0 Å². The number of fused-ring (bicyclic) bond motifs is 1. The molecule has 0 saturated heterocycles. The van der Waals surface area contributed by atoms with Gasteiger partial charge in [-0.2, -0.15) is 0 Å². The van der Waals surface area contributed by atoms with Gasteiger partial charge in [0.1, 0.15) is 12.0 Å². The van der Waals surface area contributed by atoms with Gasteiger partial charge in [-0.05, 0) is 55.5 Å². The summed E-state index contributed by atoms with van der Waals surface area (Å²) >= 11 is 0. The average molecular weight is 386 g/mol. The first-order chi connectivity index (χ1) is 14.0. The smallest absolute Gasteiger partial charge is 0.284 e. The van der Waals surface area contributed by atoms with E-state index in [1.54, 1.807) is 24.3 Å². The maximum Gasteiger partial charge on any atom is 0.284 e. The van der Waals surface area contributed by atoms with Crippen molar-refractivity contribution in [3.8, 4) is 0 Å². The summed E-state index contributed by atoms with van der Waals surface area (Å²) in [5, 5.41) is 2.73. The summed E-state index contributed by atoms with van der Waals surface area (Å²) in [6.45, 7) is 1.47. The molecule has 3 aromatic rings. The number of imide groups is 1. The Hall–Kier alpha value is -4.20. The second kappa shape index (κ2) is 7.08. The van der Waals surface area contributed by atoms with Gasteiger partial charge >= 0.3 is 0 Å². The van der Waals surface area contributed by atoms with E-state index >= 15 is 0 Å². The number of rotatable bonds is 4. The lowest BCUT2D eigenvalue weighted by Crippen LogP contribution is -2.29. The van der Waals surface area contributed by atoms with E-state index in [1.807, 2.05) is 0 Å². The summed E-state index contributed by atoms with van der Waals surface area (Å²) in [6, 6.07) is 12.6. The molecule has 8 heteroatoms. The van der Waals surface area contributed by atoms with Crippen LogP contribution in [0.4, 0.5) is 11.4 Å². The normalized spacial score (nSPS) is 12.7. The van der Waals surface area contributed by atoms with Gasteiger partial charge in [-0.25, -0.2) is 14.9 Å². The van der Waals surface area contributed by atoms with Gasteiger partial charge in [0.05, 0.1) is 11.3 Å². The van der Waals surface area contributed by atoms with Crippen molar-refractivity contribution in [3.05, 3.63) is 83.4 Å². The molecule has 0 unspecified atom stereocenters. The Bertz CT molecular complexity index is 1120. The lowest BCUT2D eigenvalue weighted by Gasteiger charge is -2.14. The molecule has 1 N–H and O–H groups in total. The summed E-state index contributed by atoms with van der Waals surface area (Å²) in [5.41, 5.74) is 1.98. The molecule has 0 fully saturated rings. The number of ketones is 1. The van der Waals surface area contributed by atoms with E-state index in [4.69, 9.17) is 0 Å². The molecule has 0 spiro atoms. The number of hydrogen-bond acceptors (Lipinski definition) is 6. The van der Waals surface area contributed by atoms with Crippen molar-refractivity contribution >= 4 is 34.9 Å². The third-order valence-corrected chi connectivity index (χ3v) is 4.49. The van der Waals surface area contributed by atoms with Crippen LogP contribution in [0.15, 0.2) is 61.1 Å². The number of nitrogens with one attached hydrogen (secondary N) is 1. The molecule has 8 nitrogen and oxygen atoms in total. The molecular formula is C21H14N4O4. The molecule has 2 aromatic carbocycles. The molecule has 0 aliphatic carbocycles. The van der Waals surface area contributed by atoms with Crippen LogP contribution in [0.3, 0.4) is 0 Å². The number of nitrogens with zero attached hydrogens (tertiary/aromatic N) is 3. The Morgan fingerprint density at radius 3 is 2.17 bits per heavy atom. The van der Waals surface area contributed by atoms with Crippen molar-refractivity contribution in [1.82, 2.24) is 9.97 Å². The Morgan fingerprint density at radius 1 is 0.897 bits per heavy atom. The van der Waals surface area contributed by atoms with Gasteiger partial charge < -0.3 is 5.32 Å². The minimum absolute atomic E-state index is 0.0563. The Balaban J connectivity index is 1.51. The molecule has 29 heavy (non-hydrogen) atoms. The van der Waals surface area contributed by atoms with Crippen LogP contribution in [0.1, 0.15) is 48.5 Å². The van der Waals surface area contributed by atoms with Crippen LogP contribution in [0.25, 0.3) is 0 Å². The van der Waals surface area contributed by atoms with E-state index in [2.05, 4.69) is 15.3 Å². The highest BCUT2D eigenvalue weighted by Crippen LogP contribution is 2.27. The van der Waals surface area contributed by atoms with Crippen molar-refractivity contribution in [1.29, 1.82) is 0 Å². The summed E-state index contributed by atoms with van der Waals surface area (Å²) < 4.78 is 0. The van der Waals surface area contributed by atoms with Crippen molar-refractivity contribution in [2.75, 3.05) is 10.2 Å². The number of carbonyl (C=O) groups is 4. The lowest BCUT2D eigenvalue weighted by molar-refractivity contribution is 0.0922. The first-order valence-corrected chi connectivity index (χ1v) is 8.67. The maximum atomic E-state index is 12.5. The molecule has 0 bridgehead atoms. The third kappa shape index (κ3) is 3.27. The standard InChI is InChI=1S/C21H14N4O4/c1-12(26)13-2-6-15(7-3-13)24-19(27)14-4-8-16(9-5-14)25-20(28)17-10-22-11-23-18(17)21(25)29/h2-11H,1H3,(H,24,27). The fourth-order valence-corrected chi connectivity index (χ4v) is 2.96. The number of Topliss-reactive ketones (excluding diaryl/α,β-unsaturated/α-hetero) is 1. The summed E-state index contributed by atoms with van der Waals surface area (Å²) in [4.78, 5) is 57.3. The zero-order chi connectivity index (χ0) is 20.5.